The maximum absolute atomic E-state index is 14.1. The molecule has 0 saturated carbocycles. The maximum Gasteiger partial charge on any atom is 0.274 e. The van der Waals surface area contributed by atoms with E-state index in [0.717, 1.165) is 29.7 Å². The van der Waals surface area contributed by atoms with E-state index in [4.69, 9.17) is 4.74 Å². The van der Waals surface area contributed by atoms with Crippen LogP contribution in [0.5, 0.6) is 0 Å². The molecule has 0 N–H and O–H groups in total. The van der Waals surface area contributed by atoms with Crippen LogP contribution < -0.4 is 10.5 Å². The monoisotopic (exact) mass is 433 g/mol. The number of aryl methyl sites for hydroxylation is 2. The van der Waals surface area contributed by atoms with Crippen molar-refractivity contribution in [1.82, 2.24) is 19.3 Å². The van der Waals surface area contributed by atoms with Crippen molar-refractivity contribution in [1.29, 1.82) is 0 Å². The highest BCUT2D eigenvalue weighted by atomic mass is 19.1. The van der Waals surface area contributed by atoms with Gasteiger partial charge < -0.3 is 9.64 Å². The average Bonchev–Trinajstić information content (AvgIpc) is 3.08. The van der Waals surface area contributed by atoms with E-state index in [-0.39, 0.29) is 11.4 Å². The third-order valence-corrected chi connectivity index (χ3v) is 5.98. The molecular weight excluding hydrogens is 409 g/mol. The zero-order valence-electron chi connectivity index (χ0n) is 17.9. The Morgan fingerprint density at radius 3 is 2.53 bits per heavy atom. The molecule has 1 aliphatic heterocycles. The van der Waals surface area contributed by atoms with Crippen LogP contribution in [0.1, 0.15) is 5.56 Å². The molecule has 3 heterocycles. The summed E-state index contributed by atoms with van der Waals surface area (Å²) < 4.78 is 22.9. The zero-order chi connectivity index (χ0) is 22.1. The van der Waals surface area contributed by atoms with Gasteiger partial charge in [0, 0.05) is 44.6 Å². The third-order valence-electron chi connectivity index (χ3n) is 5.98. The molecular formula is C24H24FN5O2. The summed E-state index contributed by atoms with van der Waals surface area (Å²) in [4.78, 5) is 23.9. The molecule has 0 spiro atoms. The number of rotatable bonds is 5. The number of halogens is 1. The number of fused-ring (bicyclic) bond motifs is 1. The normalized spacial score (nSPS) is 14.2. The van der Waals surface area contributed by atoms with Gasteiger partial charge in [0.15, 0.2) is 0 Å². The molecule has 1 aliphatic rings. The van der Waals surface area contributed by atoms with Crippen LogP contribution in [-0.2, 0) is 24.8 Å². The molecule has 0 atom stereocenters. The lowest BCUT2D eigenvalue weighted by Crippen LogP contribution is -2.37. The fourth-order valence-electron chi connectivity index (χ4n) is 4.15. The van der Waals surface area contributed by atoms with Crippen molar-refractivity contribution in [2.75, 3.05) is 31.2 Å². The predicted molar refractivity (Wildman–Crippen MR) is 121 cm³/mol. The number of aromatic nitrogens is 4. The van der Waals surface area contributed by atoms with Crippen LogP contribution >= 0.6 is 0 Å². The Balaban J connectivity index is 1.46. The molecule has 5 rings (SSSR count). The van der Waals surface area contributed by atoms with E-state index in [9.17, 15) is 9.18 Å². The van der Waals surface area contributed by atoms with Crippen molar-refractivity contribution >= 4 is 16.9 Å². The number of nitrogens with zero attached hydrogens (tertiary/aromatic N) is 5. The quantitative estimate of drug-likeness (QED) is 0.484. The molecule has 0 unspecified atom stereocenters. The fourth-order valence-corrected chi connectivity index (χ4v) is 4.15. The Bertz CT molecular complexity index is 1310. The van der Waals surface area contributed by atoms with Crippen molar-refractivity contribution in [3.63, 3.8) is 0 Å². The molecule has 1 saturated heterocycles. The average molecular weight is 433 g/mol. The van der Waals surface area contributed by atoms with Gasteiger partial charge in [0.05, 0.1) is 24.1 Å². The van der Waals surface area contributed by atoms with E-state index in [0.29, 0.717) is 43.1 Å². The number of benzene rings is 2. The Labute approximate surface area is 184 Å². The molecule has 0 amide bonds. The zero-order valence-corrected chi connectivity index (χ0v) is 17.9. The molecule has 0 radical (unpaired) electrons. The van der Waals surface area contributed by atoms with Gasteiger partial charge in [0.25, 0.3) is 5.56 Å². The molecule has 4 aromatic rings. The van der Waals surface area contributed by atoms with Gasteiger partial charge in [-0.1, -0.05) is 24.3 Å². The topological polar surface area (TPSA) is 65.2 Å². The number of hydrogen-bond donors (Lipinski definition) is 0. The maximum atomic E-state index is 14.1. The fraction of sp³-hybridized carbons (Fsp3) is 0.292. The second-order valence-corrected chi connectivity index (χ2v) is 7.90. The Kier molecular flexibility index (Phi) is 5.45. The summed E-state index contributed by atoms with van der Waals surface area (Å²) in [7, 11) is 1.74. The second-order valence-electron chi connectivity index (χ2n) is 7.90. The van der Waals surface area contributed by atoms with Crippen LogP contribution in [0.3, 0.4) is 0 Å². The number of hydrogen-bond acceptors (Lipinski definition) is 5. The van der Waals surface area contributed by atoms with Crippen LogP contribution in [0.25, 0.3) is 22.0 Å². The molecule has 0 aliphatic carbocycles. The van der Waals surface area contributed by atoms with Gasteiger partial charge in [-0.2, -0.15) is 0 Å². The highest BCUT2D eigenvalue weighted by Gasteiger charge is 2.15. The Morgan fingerprint density at radius 1 is 1.03 bits per heavy atom. The van der Waals surface area contributed by atoms with Crippen molar-refractivity contribution in [2.24, 2.45) is 7.05 Å². The first-order valence-electron chi connectivity index (χ1n) is 10.7. The molecule has 32 heavy (non-hydrogen) atoms. The van der Waals surface area contributed by atoms with E-state index in [1.807, 2.05) is 41.3 Å². The Morgan fingerprint density at radius 2 is 1.78 bits per heavy atom. The van der Waals surface area contributed by atoms with Crippen molar-refractivity contribution in [2.45, 2.75) is 13.0 Å². The highest BCUT2D eigenvalue weighted by Crippen LogP contribution is 2.24. The van der Waals surface area contributed by atoms with E-state index in [1.54, 1.807) is 23.9 Å². The predicted octanol–water partition coefficient (Wildman–Crippen LogP) is 3.02. The van der Waals surface area contributed by atoms with Crippen LogP contribution in [0.15, 0.2) is 59.7 Å². The Hall–Kier alpha value is -3.52. The summed E-state index contributed by atoms with van der Waals surface area (Å²) >= 11 is 0. The van der Waals surface area contributed by atoms with Gasteiger partial charge in [0.1, 0.15) is 5.82 Å². The summed E-state index contributed by atoms with van der Waals surface area (Å²) in [5.74, 6) is 0.465. The summed E-state index contributed by atoms with van der Waals surface area (Å²) in [6.45, 7) is 3.42. The van der Waals surface area contributed by atoms with Crippen LogP contribution in [0.2, 0.25) is 0 Å². The van der Waals surface area contributed by atoms with Crippen molar-refractivity contribution in [3.8, 4) is 11.1 Å². The van der Waals surface area contributed by atoms with E-state index in [2.05, 4.69) is 14.9 Å². The first kappa shape index (κ1) is 20.4. The van der Waals surface area contributed by atoms with E-state index in [1.165, 1.54) is 6.07 Å². The standard InChI is InChI=1S/C24H24FN5O2/c1-28-23(31)20-7-6-18(19-15-26-24(27-16-19)29-10-12-32-13-11-29)14-22(20)30(28)9-8-17-4-2-3-5-21(17)25/h2-7,14-16H,8-13H2,1H3. The minimum Gasteiger partial charge on any atom is -0.378 e. The minimum absolute atomic E-state index is 0.0704. The highest BCUT2D eigenvalue weighted by molar-refractivity contribution is 5.84. The van der Waals surface area contributed by atoms with Crippen LogP contribution in [-0.4, -0.2) is 45.6 Å². The number of morpholine rings is 1. The molecule has 0 bridgehead atoms. The summed E-state index contributed by atoms with van der Waals surface area (Å²) in [6, 6.07) is 12.5. The lowest BCUT2D eigenvalue weighted by molar-refractivity contribution is 0.122. The molecule has 7 nitrogen and oxygen atoms in total. The minimum atomic E-state index is -0.229. The van der Waals surface area contributed by atoms with Gasteiger partial charge in [-0.25, -0.2) is 14.4 Å². The second kappa shape index (κ2) is 8.55. The molecule has 164 valence electrons. The van der Waals surface area contributed by atoms with E-state index < -0.39 is 0 Å². The lowest BCUT2D eigenvalue weighted by atomic mass is 10.1. The van der Waals surface area contributed by atoms with Gasteiger partial charge in [-0.05, 0) is 35.7 Å². The van der Waals surface area contributed by atoms with Gasteiger partial charge in [-0.3, -0.25) is 14.2 Å². The smallest absolute Gasteiger partial charge is 0.274 e. The summed E-state index contributed by atoms with van der Waals surface area (Å²) in [5.41, 5.74) is 3.17. The van der Waals surface area contributed by atoms with Gasteiger partial charge in [0.2, 0.25) is 5.95 Å². The third kappa shape index (κ3) is 3.78. The summed E-state index contributed by atoms with van der Waals surface area (Å²) in [5, 5.41) is 0.635. The van der Waals surface area contributed by atoms with Crippen LogP contribution in [0, 0.1) is 5.82 Å². The molecule has 2 aromatic heterocycles. The molecule has 2 aromatic carbocycles. The lowest BCUT2D eigenvalue weighted by Gasteiger charge is -2.26. The van der Waals surface area contributed by atoms with Crippen molar-refractivity contribution in [3.05, 3.63) is 76.6 Å². The van der Waals surface area contributed by atoms with Crippen molar-refractivity contribution < 1.29 is 9.13 Å². The first-order chi connectivity index (χ1) is 15.6. The number of ether oxygens (including phenoxy) is 1. The molecule has 8 heteroatoms. The van der Waals surface area contributed by atoms with E-state index >= 15 is 0 Å². The first-order valence-corrected chi connectivity index (χ1v) is 10.7. The number of anilines is 1. The van der Waals surface area contributed by atoms with Gasteiger partial charge >= 0.3 is 0 Å². The van der Waals surface area contributed by atoms with Crippen LogP contribution in [0.4, 0.5) is 10.3 Å². The largest absolute Gasteiger partial charge is 0.378 e. The SMILES string of the molecule is Cn1c(=O)c2ccc(-c3cnc(N4CCOCC4)nc3)cc2n1CCc1ccccc1F. The van der Waals surface area contributed by atoms with Gasteiger partial charge in [-0.15, -0.1) is 0 Å². The molecule has 1 fully saturated rings. The summed E-state index contributed by atoms with van der Waals surface area (Å²) in [6.07, 6.45) is 4.11.